The number of ether oxygens (including phenoxy) is 2. The van der Waals surface area contributed by atoms with Crippen LogP contribution in [-0.4, -0.2) is 23.8 Å². The van der Waals surface area contributed by atoms with E-state index in [0.29, 0.717) is 11.3 Å². The Morgan fingerprint density at radius 1 is 1.41 bits per heavy atom. The van der Waals surface area contributed by atoms with Crippen LogP contribution in [0.4, 0.5) is 0 Å². The zero-order valence-corrected chi connectivity index (χ0v) is 10.2. The zero-order chi connectivity index (χ0) is 12.7. The molecule has 1 unspecified atom stereocenters. The molecule has 0 amide bonds. The molecule has 4 heteroatoms. The van der Waals surface area contributed by atoms with Crippen molar-refractivity contribution in [3.8, 4) is 5.75 Å². The molecule has 1 aliphatic heterocycles. The molecule has 1 aromatic carbocycles. The van der Waals surface area contributed by atoms with Gasteiger partial charge in [0.15, 0.2) is 5.60 Å². The third kappa shape index (κ3) is 1.89. The summed E-state index contributed by atoms with van der Waals surface area (Å²) in [6.45, 7) is 3.66. The topological polar surface area (TPSA) is 55.8 Å². The smallest absolute Gasteiger partial charge is 0.342 e. The van der Waals surface area contributed by atoms with E-state index >= 15 is 0 Å². The maximum absolute atomic E-state index is 11.8. The maximum Gasteiger partial charge on any atom is 0.342 e. The van der Waals surface area contributed by atoms with Crippen LogP contribution in [0.25, 0.3) is 0 Å². The first kappa shape index (κ1) is 11.9. The lowest BCUT2D eigenvalue weighted by Crippen LogP contribution is -2.49. The first-order valence-electron chi connectivity index (χ1n) is 5.48. The standard InChI is InChI=1S/C13H16O4/c1-12(2)8-13(15,11(14)16-3)9-6-4-5-7-10(9)17-12/h4-7,15H,8H2,1-3H3. The molecule has 0 aromatic heterocycles. The van der Waals surface area contributed by atoms with Crippen LogP contribution >= 0.6 is 0 Å². The number of carbonyl (C=O) groups excluding carboxylic acids is 1. The highest BCUT2D eigenvalue weighted by molar-refractivity contribution is 5.82. The van der Waals surface area contributed by atoms with Crippen LogP contribution in [-0.2, 0) is 15.1 Å². The Morgan fingerprint density at radius 3 is 2.71 bits per heavy atom. The summed E-state index contributed by atoms with van der Waals surface area (Å²) < 4.78 is 10.4. The fourth-order valence-corrected chi connectivity index (χ4v) is 2.29. The average molecular weight is 236 g/mol. The van der Waals surface area contributed by atoms with Gasteiger partial charge in [0.2, 0.25) is 0 Å². The molecule has 1 aliphatic rings. The van der Waals surface area contributed by atoms with Gasteiger partial charge in [-0.2, -0.15) is 0 Å². The van der Waals surface area contributed by atoms with Crippen molar-refractivity contribution >= 4 is 5.97 Å². The second kappa shape index (κ2) is 3.74. The normalized spacial score (nSPS) is 25.6. The highest BCUT2D eigenvalue weighted by atomic mass is 16.5. The fourth-order valence-electron chi connectivity index (χ4n) is 2.29. The average Bonchev–Trinajstić information content (AvgIpc) is 2.26. The number of hydrogen-bond acceptors (Lipinski definition) is 4. The Kier molecular flexibility index (Phi) is 2.62. The van der Waals surface area contributed by atoms with Crippen LogP contribution < -0.4 is 4.74 Å². The van der Waals surface area contributed by atoms with Gasteiger partial charge in [-0.25, -0.2) is 4.79 Å². The summed E-state index contributed by atoms with van der Waals surface area (Å²) in [7, 11) is 1.27. The quantitative estimate of drug-likeness (QED) is 0.753. The molecule has 1 N–H and O–H groups in total. The number of para-hydroxylation sites is 1. The van der Waals surface area contributed by atoms with E-state index in [9.17, 15) is 9.90 Å². The molecule has 0 saturated heterocycles. The number of aliphatic hydroxyl groups is 1. The highest BCUT2D eigenvalue weighted by Gasteiger charge is 2.50. The van der Waals surface area contributed by atoms with Gasteiger partial charge in [0, 0.05) is 12.0 Å². The third-order valence-electron chi connectivity index (χ3n) is 2.92. The van der Waals surface area contributed by atoms with E-state index in [2.05, 4.69) is 0 Å². The van der Waals surface area contributed by atoms with Crippen molar-refractivity contribution in [1.82, 2.24) is 0 Å². The van der Waals surface area contributed by atoms with Crippen molar-refractivity contribution in [3.05, 3.63) is 29.8 Å². The van der Waals surface area contributed by atoms with E-state index < -0.39 is 17.2 Å². The number of methoxy groups -OCH3 is 1. The number of rotatable bonds is 1. The predicted molar refractivity (Wildman–Crippen MR) is 61.7 cm³/mol. The Bertz CT molecular complexity index is 452. The van der Waals surface area contributed by atoms with Gasteiger partial charge in [-0.05, 0) is 19.9 Å². The molecule has 1 atom stereocenters. The van der Waals surface area contributed by atoms with Crippen molar-refractivity contribution in [2.75, 3.05) is 7.11 Å². The van der Waals surface area contributed by atoms with Gasteiger partial charge in [-0.3, -0.25) is 0 Å². The van der Waals surface area contributed by atoms with Gasteiger partial charge >= 0.3 is 5.97 Å². The van der Waals surface area contributed by atoms with E-state index in [-0.39, 0.29) is 6.42 Å². The van der Waals surface area contributed by atoms with Crippen molar-refractivity contribution in [2.24, 2.45) is 0 Å². The van der Waals surface area contributed by atoms with E-state index in [4.69, 9.17) is 9.47 Å². The Hall–Kier alpha value is -1.55. The van der Waals surface area contributed by atoms with Crippen LogP contribution in [0.15, 0.2) is 24.3 Å². The minimum Gasteiger partial charge on any atom is -0.487 e. The van der Waals surface area contributed by atoms with Gasteiger partial charge in [0.05, 0.1) is 7.11 Å². The number of esters is 1. The molecule has 1 heterocycles. The second-order valence-corrected chi connectivity index (χ2v) is 4.89. The molecule has 4 nitrogen and oxygen atoms in total. The molecule has 92 valence electrons. The maximum atomic E-state index is 11.8. The summed E-state index contributed by atoms with van der Waals surface area (Å²) in [4.78, 5) is 11.8. The molecule has 17 heavy (non-hydrogen) atoms. The summed E-state index contributed by atoms with van der Waals surface area (Å²) >= 11 is 0. The van der Waals surface area contributed by atoms with Crippen molar-refractivity contribution < 1.29 is 19.4 Å². The number of hydrogen-bond donors (Lipinski definition) is 1. The molecular weight excluding hydrogens is 220 g/mol. The second-order valence-electron chi connectivity index (χ2n) is 4.89. The fraction of sp³-hybridized carbons (Fsp3) is 0.462. The largest absolute Gasteiger partial charge is 0.487 e. The predicted octanol–water partition coefficient (Wildman–Crippen LogP) is 1.61. The Labute approximate surface area is 100 Å². The van der Waals surface area contributed by atoms with E-state index in [1.54, 1.807) is 24.3 Å². The van der Waals surface area contributed by atoms with Gasteiger partial charge in [0.1, 0.15) is 11.4 Å². The van der Waals surface area contributed by atoms with E-state index in [0.717, 1.165) is 0 Å². The molecule has 0 saturated carbocycles. The van der Waals surface area contributed by atoms with Crippen LogP contribution in [0, 0.1) is 0 Å². The monoisotopic (exact) mass is 236 g/mol. The molecule has 0 radical (unpaired) electrons. The van der Waals surface area contributed by atoms with Crippen LogP contribution in [0.5, 0.6) is 5.75 Å². The summed E-state index contributed by atoms with van der Waals surface area (Å²) in [6.07, 6.45) is 0.170. The van der Waals surface area contributed by atoms with Crippen LogP contribution in [0.3, 0.4) is 0 Å². The highest BCUT2D eigenvalue weighted by Crippen LogP contribution is 2.43. The third-order valence-corrected chi connectivity index (χ3v) is 2.92. The molecule has 2 rings (SSSR count). The van der Waals surface area contributed by atoms with E-state index in [1.165, 1.54) is 7.11 Å². The number of benzene rings is 1. The summed E-state index contributed by atoms with van der Waals surface area (Å²) in [5.74, 6) is -0.127. The van der Waals surface area contributed by atoms with Crippen LogP contribution in [0.2, 0.25) is 0 Å². The molecule has 0 fully saturated rings. The van der Waals surface area contributed by atoms with Crippen molar-refractivity contribution in [1.29, 1.82) is 0 Å². The Morgan fingerprint density at radius 2 is 2.06 bits per heavy atom. The minimum atomic E-state index is -1.63. The lowest BCUT2D eigenvalue weighted by molar-refractivity contribution is -0.172. The van der Waals surface area contributed by atoms with Gasteiger partial charge < -0.3 is 14.6 Å². The molecule has 1 aromatic rings. The molecule has 0 aliphatic carbocycles. The Balaban J connectivity index is 2.57. The van der Waals surface area contributed by atoms with Gasteiger partial charge in [-0.15, -0.1) is 0 Å². The summed E-state index contributed by atoms with van der Waals surface area (Å²) in [6, 6.07) is 6.98. The minimum absolute atomic E-state index is 0.170. The lowest BCUT2D eigenvalue weighted by Gasteiger charge is -2.41. The summed E-state index contributed by atoms with van der Waals surface area (Å²) in [5, 5.41) is 10.6. The first-order chi connectivity index (χ1) is 7.89. The van der Waals surface area contributed by atoms with E-state index in [1.807, 2.05) is 13.8 Å². The lowest BCUT2D eigenvalue weighted by atomic mass is 9.80. The number of carbonyl (C=O) groups is 1. The first-order valence-corrected chi connectivity index (χ1v) is 5.48. The van der Waals surface area contributed by atoms with Crippen molar-refractivity contribution in [2.45, 2.75) is 31.5 Å². The van der Waals surface area contributed by atoms with Crippen molar-refractivity contribution in [3.63, 3.8) is 0 Å². The van der Waals surface area contributed by atoms with Gasteiger partial charge in [0.25, 0.3) is 0 Å². The van der Waals surface area contributed by atoms with Crippen LogP contribution in [0.1, 0.15) is 25.8 Å². The number of fused-ring (bicyclic) bond motifs is 1. The molecular formula is C13H16O4. The SMILES string of the molecule is COC(=O)C1(O)CC(C)(C)Oc2ccccc21. The zero-order valence-electron chi connectivity index (χ0n) is 10.2. The molecule has 0 bridgehead atoms. The van der Waals surface area contributed by atoms with Gasteiger partial charge in [-0.1, -0.05) is 18.2 Å². The summed E-state index contributed by atoms with van der Waals surface area (Å²) in [5.41, 5.74) is -1.78. The molecule has 0 spiro atoms.